The van der Waals surface area contributed by atoms with Crippen LogP contribution in [0.4, 0.5) is 0 Å². The van der Waals surface area contributed by atoms with E-state index < -0.39 is 0 Å². The maximum atomic E-state index is 3.22. The number of hydrogen-bond donors (Lipinski definition) is 0. The van der Waals surface area contributed by atoms with Crippen LogP contribution in [0.2, 0.25) is 0 Å². The standard InChI is InChI=1S/2C10H8.2C2H6.CH2I.CH3.2V/c2*1-2-6-10-8-4-3-7-9(10)5-1;3*1-2;;;/h2*1-8H;2*1-2H3;1H2;1H3;;/q;;;;2*-1;;. The SMILES string of the molecule is CC.CC.[CH2-]I.[CH3-].[V].[V].c1ccc2ccccc2c1.c1ccc2ccccc2c1. The van der Waals surface area contributed by atoms with Crippen molar-refractivity contribution in [1.29, 1.82) is 0 Å². The van der Waals surface area contributed by atoms with E-state index in [0.29, 0.717) is 0 Å². The number of rotatable bonds is 0. The molecule has 4 aromatic rings. The zero-order chi connectivity index (χ0) is 19.6. The van der Waals surface area contributed by atoms with Crippen LogP contribution in [0.5, 0.6) is 0 Å². The molecule has 0 aliphatic carbocycles. The summed E-state index contributed by atoms with van der Waals surface area (Å²) in [6, 6.07) is 33.4. The smallest absolute Gasteiger partial charge is 0 e. The number of halogens is 1. The second-order valence-electron chi connectivity index (χ2n) is 4.69. The molecule has 0 atom stereocenters. The van der Waals surface area contributed by atoms with Gasteiger partial charge in [-0.05, 0) is 21.5 Å². The fourth-order valence-electron chi connectivity index (χ4n) is 2.27. The second-order valence-corrected chi connectivity index (χ2v) is 4.69. The molecule has 0 aliphatic heterocycles. The van der Waals surface area contributed by atoms with Crippen LogP contribution in [0.25, 0.3) is 21.5 Å². The number of hydrogen-bond acceptors (Lipinski definition) is 0. The molecule has 0 spiro atoms. The van der Waals surface area contributed by atoms with Crippen LogP contribution in [-0.4, -0.2) is 0 Å². The molecule has 2 radical (unpaired) electrons. The zero-order valence-corrected chi connectivity index (χ0v) is 23.2. The van der Waals surface area contributed by atoms with Crippen LogP contribution in [0.3, 0.4) is 0 Å². The average Bonchev–Trinajstić information content (AvgIpc) is 2.78. The predicted molar refractivity (Wildman–Crippen MR) is 136 cm³/mol. The summed E-state index contributed by atoms with van der Waals surface area (Å²) in [5.74, 6) is 0. The van der Waals surface area contributed by atoms with Crippen molar-refractivity contribution in [3.63, 3.8) is 0 Å². The maximum Gasteiger partial charge on any atom is 0 e. The van der Waals surface area contributed by atoms with Gasteiger partial charge >= 0.3 is 0 Å². The van der Waals surface area contributed by atoms with Crippen LogP contribution in [0.15, 0.2) is 97.1 Å². The van der Waals surface area contributed by atoms with Crippen LogP contribution in [0, 0.1) is 12.4 Å². The van der Waals surface area contributed by atoms with E-state index in [0.717, 1.165) is 0 Å². The summed E-state index contributed by atoms with van der Waals surface area (Å²) in [5.41, 5.74) is 0. The Kier molecular flexibility index (Phi) is 31.2. The number of benzene rings is 4. The fraction of sp³-hybridized carbons (Fsp3) is 0.154. The summed E-state index contributed by atoms with van der Waals surface area (Å²) in [6.07, 6.45) is 0. The molecule has 29 heavy (non-hydrogen) atoms. The first-order chi connectivity index (χ1) is 12.9. The van der Waals surface area contributed by atoms with Gasteiger partial charge in [0, 0.05) is 37.1 Å². The molecule has 0 saturated heterocycles. The van der Waals surface area contributed by atoms with Crippen molar-refractivity contribution in [2.45, 2.75) is 27.7 Å². The Morgan fingerprint density at radius 1 is 0.414 bits per heavy atom. The van der Waals surface area contributed by atoms with Gasteiger partial charge in [0.05, 0.1) is 0 Å². The van der Waals surface area contributed by atoms with Gasteiger partial charge in [-0.25, -0.2) is 0 Å². The van der Waals surface area contributed by atoms with E-state index in [4.69, 9.17) is 0 Å². The molecule has 0 aromatic heterocycles. The van der Waals surface area contributed by atoms with Crippen molar-refractivity contribution < 1.29 is 37.1 Å². The molecule has 0 bridgehead atoms. The van der Waals surface area contributed by atoms with Crippen LogP contribution in [-0.2, 0) is 37.1 Å². The molecule has 0 heterocycles. The van der Waals surface area contributed by atoms with Crippen LogP contribution < -0.4 is 0 Å². The van der Waals surface area contributed by atoms with Crippen molar-refractivity contribution in [3.05, 3.63) is 109 Å². The summed E-state index contributed by atoms with van der Waals surface area (Å²) < 4.78 is 0. The first-order valence-electron chi connectivity index (χ1n) is 9.08. The minimum Gasteiger partial charge on any atom is -0.358 e. The topological polar surface area (TPSA) is 0 Å². The van der Waals surface area contributed by atoms with Crippen molar-refractivity contribution in [3.8, 4) is 0 Å². The third-order valence-electron chi connectivity index (χ3n) is 3.32. The molecule has 0 nitrogen and oxygen atoms in total. The van der Waals surface area contributed by atoms with E-state index >= 15 is 0 Å². The summed E-state index contributed by atoms with van der Waals surface area (Å²) in [4.78, 5) is 3.22. The molecule has 0 unspecified atom stereocenters. The monoisotopic (exact) mass is 574 g/mol. The molecule has 4 aromatic carbocycles. The minimum absolute atomic E-state index is 0. The summed E-state index contributed by atoms with van der Waals surface area (Å²) in [7, 11) is 0. The van der Waals surface area contributed by atoms with Gasteiger partial charge in [-0.1, -0.05) is 125 Å². The predicted octanol–water partition coefficient (Wildman–Crippen LogP) is 9.39. The molecule has 0 fully saturated rings. The third-order valence-corrected chi connectivity index (χ3v) is 3.32. The van der Waals surface area contributed by atoms with Gasteiger partial charge in [0.1, 0.15) is 0 Å². The Morgan fingerprint density at radius 3 is 0.621 bits per heavy atom. The molecule has 0 aliphatic rings. The molecule has 156 valence electrons. The minimum atomic E-state index is 0. The Morgan fingerprint density at radius 2 is 0.517 bits per heavy atom. The Bertz CT molecular complexity index is 630. The van der Waals surface area contributed by atoms with Gasteiger partial charge in [-0.15, -0.1) is 0 Å². The zero-order valence-electron chi connectivity index (χ0n) is 18.2. The summed E-state index contributed by atoms with van der Waals surface area (Å²) >= 11 is 1.90. The first-order valence-corrected chi connectivity index (χ1v) is 10.6. The third kappa shape index (κ3) is 14.0. The van der Waals surface area contributed by atoms with E-state index in [1.165, 1.54) is 21.5 Å². The van der Waals surface area contributed by atoms with Crippen LogP contribution in [0.1, 0.15) is 27.7 Å². The van der Waals surface area contributed by atoms with Crippen molar-refractivity contribution in [2.75, 3.05) is 0 Å². The summed E-state index contributed by atoms with van der Waals surface area (Å²) in [6.45, 7) is 8.00. The molecule has 3 heteroatoms. The molecule has 0 saturated carbocycles. The molecular formula is C26H33IV2-2. The largest absolute Gasteiger partial charge is 0.358 e. The molecule has 0 amide bonds. The van der Waals surface area contributed by atoms with Gasteiger partial charge in [0.2, 0.25) is 0 Å². The van der Waals surface area contributed by atoms with E-state index in [2.05, 4.69) is 102 Å². The fourth-order valence-corrected chi connectivity index (χ4v) is 2.27. The van der Waals surface area contributed by atoms with Crippen molar-refractivity contribution in [1.82, 2.24) is 0 Å². The molecule has 4 rings (SSSR count). The van der Waals surface area contributed by atoms with E-state index in [1.807, 2.05) is 50.3 Å². The van der Waals surface area contributed by atoms with Gasteiger partial charge in [0.25, 0.3) is 0 Å². The average molecular weight is 574 g/mol. The van der Waals surface area contributed by atoms with E-state index in [1.54, 1.807) is 0 Å². The maximum absolute atomic E-state index is 3.22. The second kappa shape index (κ2) is 25.3. The van der Waals surface area contributed by atoms with Crippen LogP contribution >= 0.6 is 22.6 Å². The van der Waals surface area contributed by atoms with Gasteiger partial charge in [-0.3, -0.25) is 4.93 Å². The van der Waals surface area contributed by atoms with E-state index in [9.17, 15) is 0 Å². The van der Waals surface area contributed by atoms with Gasteiger partial charge < -0.3 is 30.0 Å². The summed E-state index contributed by atoms with van der Waals surface area (Å²) in [5, 5.41) is 5.24. The number of fused-ring (bicyclic) bond motifs is 2. The quantitative estimate of drug-likeness (QED) is 0.145. The van der Waals surface area contributed by atoms with Gasteiger partial charge in [-0.2, -0.15) is 0 Å². The Labute approximate surface area is 216 Å². The Balaban J connectivity index is -0.000000159. The Hall–Kier alpha value is -0.701. The van der Waals surface area contributed by atoms with Crippen molar-refractivity contribution >= 4 is 44.1 Å². The molecular weight excluding hydrogens is 541 g/mol. The first kappa shape index (κ1) is 35.7. The normalized spacial score (nSPS) is 7.52. The van der Waals surface area contributed by atoms with Gasteiger partial charge in [0.15, 0.2) is 0 Å². The van der Waals surface area contributed by atoms with E-state index in [-0.39, 0.29) is 44.5 Å². The molecule has 0 N–H and O–H groups in total. The van der Waals surface area contributed by atoms with Crippen molar-refractivity contribution in [2.24, 2.45) is 0 Å².